The molecule has 0 spiro atoms. The summed E-state index contributed by atoms with van der Waals surface area (Å²) in [6, 6.07) is 11.7. The molecule has 2 aromatic carbocycles. The fourth-order valence-electron chi connectivity index (χ4n) is 2.77. The standard InChI is InChI=1S/C18H19NO4S/c1-11-12(2)23-17-15(11)8-5-9-16(17)18(20)19-13-6-4-7-14(10-13)24(3,21)22/h4-12H,1-3H3,(H,19,20)/t11-,12+/m1/s1. The van der Waals surface area contributed by atoms with Gasteiger partial charge in [0.15, 0.2) is 9.84 Å². The minimum atomic E-state index is -3.33. The molecule has 1 amide bonds. The number of carbonyl (C=O) groups excluding carboxylic acids is 1. The van der Waals surface area contributed by atoms with Crippen LogP contribution in [-0.2, 0) is 9.84 Å². The quantitative estimate of drug-likeness (QED) is 0.927. The molecule has 0 unspecified atom stereocenters. The first-order valence-electron chi connectivity index (χ1n) is 7.68. The summed E-state index contributed by atoms with van der Waals surface area (Å²) in [4.78, 5) is 12.8. The number of ether oxygens (including phenoxy) is 1. The Balaban J connectivity index is 1.90. The van der Waals surface area contributed by atoms with Crippen molar-refractivity contribution < 1.29 is 17.9 Å². The van der Waals surface area contributed by atoms with Gasteiger partial charge in [-0.15, -0.1) is 0 Å². The SMILES string of the molecule is C[C@@H]1Oc2c(C(=O)Nc3cccc(S(C)(=O)=O)c3)cccc2[C@@H]1C. The van der Waals surface area contributed by atoms with Gasteiger partial charge in [0, 0.05) is 23.4 Å². The first kappa shape index (κ1) is 16.5. The third kappa shape index (κ3) is 3.01. The minimum Gasteiger partial charge on any atom is -0.489 e. The molecule has 0 saturated carbocycles. The van der Waals surface area contributed by atoms with Crippen LogP contribution in [0.5, 0.6) is 5.75 Å². The molecule has 0 fully saturated rings. The lowest BCUT2D eigenvalue weighted by atomic mass is 9.97. The minimum absolute atomic E-state index is 0.0162. The molecule has 1 aliphatic heterocycles. The first-order valence-corrected chi connectivity index (χ1v) is 9.57. The molecule has 1 N–H and O–H groups in total. The van der Waals surface area contributed by atoms with E-state index in [1.54, 1.807) is 18.2 Å². The Bertz CT molecular complexity index is 905. The number of carbonyl (C=O) groups is 1. The molecule has 2 atom stereocenters. The highest BCUT2D eigenvalue weighted by molar-refractivity contribution is 7.90. The number of nitrogens with one attached hydrogen (secondary N) is 1. The Morgan fingerprint density at radius 3 is 2.54 bits per heavy atom. The average Bonchev–Trinajstić information content (AvgIpc) is 2.82. The van der Waals surface area contributed by atoms with Gasteiger partial charge in [-0.05, 0) is 31.2 Å². The summed E-state index contributed by atoms with van der Waals surface area (Å²) in [6.07, 6.45) is 1.15. The van der Waals surface area contributed by atoms with Crippen molar-refractivity contribution in [3.05, 3.63) is 53.6 Å². The molecule has 1 heterocycles. The number of para-hydroxylation sites is 1. The number of sulfone groups is 1. The topological polar surface area (TPSA) is 72.5 Å². The van der Waals surface area contributed by atoms with E-state index in [1.807, 2.05) is 19.1 Å². The number of hydrogen-bond acceptors (Lipinski definition) is 4. The zero-order chi connectivity index (χ0) is 17.5. The van der Waals surface area contributed by atoms with E-state index in [9.17, 15) is 13.2 Å². The summed E-state index contributed by atoms with van der Waals surface area (Å²) < 4.78 is 29.1. The second kappa shape index (κ2) is 5.94. The Morgan fingerprint density at radius 1 is 1.12 bits per heavy atom. The number of anilines is 1. The van der Waals surface area contributed by atoms with Crippen molar-refractivity contribution in [1.29, 1.82) is 0 Å². The predicted octanol–water partition coefficient (Wildman–Crippen LogP) is 3.23. The van der Waals surface area contributed by atoms with E-state index in [1.165, 1.54) is 12.1 Å². The van der Waals surface area contributed by atoms with Gasteiger partial charge in [-0.3, -0.25) is 4.79 Å². The van der Waals surface area contributed by atoms with Crippen LogP contribution in [0.3, 0.4) is 0 Å². The van der Waals surface area contributed by atoms with E-state index in [0.29, 0.717) is 17.0 Å². The van der Waals surface area contributed by atoms with Gasteiger partial charge < -0.3 is 10.1 Å². The van der Waals surface area contributed by atoms with Crippen LogP contribution in [0.4, 0.5) is 5.69 Å². The van der Waals surface area contributed by atoms with Gasteiger partial charge in [0.2, 0.25) is 0 Å². The van der Waals surface area contributed by atoms with Gasteiger partial charge in [-0.2, -0.15) is 0 Å². The largest absolute Gasteiger partial charge is 0.489 e. The lowest BCUT2D eigenvalue weighted by Gasteiger charge is -2.10. The molecule has 24 heavy (non-hydrogen) atoms. The van der Waals surface area contributed by atoms with Gasteiger partial charge >= 0.3 is 0 Å². The summed E-state index contributed by atoms with van der Waals surface area (Å²) in [5, 5.41) is 2.75. The maximum Gasteiger partial charge on any atom is 0.259 e. The van der Waals surface area contributed by atoms with Gasteiger partial charge in [0.1, 0.15) is 11.9 Å². The van der Waals surface area contributed by atoms with Crippen molar-refractivity contribution in [3.63, 3.8) is 0 Å². The monoisotopic (exact) mass is 345 g/mol. The summed E-state index contributed by atoms with van der Waals surface area (Å²) >= 11 is 0. The Morgan fingerprint density at radius 2 is 1.83 bits per heavy atom. The van der Waals surface area contributed by atoms with E-state index in [2.05, 4.69) is 12.2 Å². The fraction of sp³-hybridized carbons (Fsp3) is 0.278. The molecule has 5 nitrogen and oxygen atoms in total. The predicted molar refractivity (Wildman–Crippen MR) is 92.5 cm³/mol. The summed E-state index contributed by atoms with van der Waals surface area (Å²) in [7, 11) is -3.33. The Hall–Kier alpha value is -2.34. The third-order valence-electron chi connectivity index (χ3n) is 4.31. The zero-order valence-corrected chi connectivity index (χ0v) is 14.6. The molecule has 0 radical (unpaired) electrons. The molecule has 2 aromatic rings. The highest BCUT2D eigenvalue weighted by atomic mass is 32.2. The van der Waals surface area contributed by atoms with Crippen molar-refractivity contribution in [3.8, 4) is 5.75 Å². The van der Waals surface area contributed by atoms with Crippen molar-refractivity contribution in [2.24, 2.45) is 0 Å². The molecular formula is C18H19NO4S. The second-order valence-electron chi connectivity index (χ2n) is 6.09. The van der Waals surface area contributed by atoms with Crippen LogP contribution in [0.15, 0.2) is 47.4 Å². The number of rotatable bonds is 3. The van der Waals surface area contributed by atoms with Crippen LogP contribution < -0.4 is 10.1 Å². The van der Waals surface area contributed by atoms with Crippen molar-refractivity contribution in [1.82, 2.24) is 0 Å². The molecule has 6 heteroatoms. The van der Waals surface area contributed by atoms with Crippen molar-refractivity contribution >= 4 is 21.4 Å². The smallest absolute Gasteiger partial charge is 0.259 e. The lowest BCUT2D eigenvalue weighted by molar-refractivity contribution is 0.102. The molecule has 0 saturated heterocycles. The average molecular weight is 345 g/mol. The van der Waals surface area contributed by atoms with Crippen LogP contribution in [-0.4, -0.2) is 26.7 Å². The lowest BCUT2D eigenvalue weighted by Crippen LogP contribution is -2.14. The molecule has 1 aliphatic rings. The molecule has 0 aliphatic carbocycles. The molecule has 3 rings (SSSR count). The third-order valence-corrected chi connectivity index (χ3v) is 5.42. The maximum absolute atomic E-state index is 12.6. The van der Waals surface area contributed by atoms with Crippen LogP contribution in [0.25, 0.3) is 0 Å². The molecule has 0 aromatic heterocycles. The first-order chi connectivity index (χ1) is 11.3. The van der Waals surface area contributed by atoms with E-state index in [0.717, 1.165) is 11.8 Å². The fourth-order valence-corrected chi connectivity index (χ4v) is 3.43. The molecule has 126 valence electrons. The second-order valence-corrected chi connectivity index (χ2v) is 8.11. The van der Waals surface area contributed by atoms with Crippen molar-refractivity contribution in [2.75, 3.05) is 11.6 Å². The highest BCUT2D eigenvalue weighted by Gasteiger charge is 2.31. The van der Waals surface area contributed by atoms with Crippen LogP contribution >= 0.6 is 0 Å². The summed E-state index contributed by atoms with van der Waals surface area (Å²) in [5.74, 6) is 0.509. The highest BCUT2D eigenvalue weighted by Crippen LogP contribution is 2.40. The zero-order valence-electron chi connectivity index (χ0n) is 13.7. The summed E-state index contributed by atoms with van der Waals surface area (Å²) in [5.41, 5.74) is 1.90. The van der Waals surface area contributed by atoms with Crippen LogP contribution in [0.2, 0.25) is 0 Å². The maximum atomic E-state index is 12.6. The van der Waals surface area contributed by atoms with Crippen LogP contribution in [0, 0.1) is 0 Å². The normalized spacial score (nSPS) is 19.5. The van der Waals surface area contributed by atoms with Gasteiger partial charge in [0.05, 0.1) is 10.5 Å². The Kier molecular flexibility index (Phi) is 4.09. The van der Waals surface area contributed by atoms with Gasteiger partial charge in [-0.25, -0.2) is 8.42 Å². The molecule has 0 bridgehead atoms. The van der Waals surface area contributed by atoms with Crippen molar-refractivity contribution in [2.45, 2.75) is 30.8 Å². The number of hydrogen-bond donors (Lipinski definition) is 1. The number of amides is 1. The number of fused-ring (bicyclic) bond motifs is 1. The van der Waals surface area contributed by atoms with E-state index in [-0.39, 0.29) is 22.8 Å². The van der Waals surface area contributed by atoms with Gasteiger partial charge in [0.25, 0.3) is 5.91 Å². The Labute approximate surface area is 141 Å². The number of benzene rings is 2. The van der Waals surface area contributed by atoms with E-state index >= 15 is 0 Å². The van der Waals surface area contributed by atoms with Crippen LogP contribution in [0.1, 0.15) is 35.7 Å². The van der Waals surface area contributed by atoms with E-state index < -0.39 is 9.84 Å². The molecular weight excluding hydrogens is 326 g/mol. The van der Waals surface area contributed by atoms with E-state index in [4.69, 9.17) is 4.74 Å². The summed E-state index contributed by atoms with van der Waals surface area (Å²) in [6.45, 7) is 4.04. The van der Waals surface area contributed by atoms with Gasteiger partial charge in [-0.1, -0.05) is 25.1 Å².